The Morgan fingerprint density at radius 2 is 1.64 bits per heavy atom. The molecule has 3 aromatic rings. The lowest BCUT2D eigenvalue weighted by Gasteiger charge is -2.39. The number of carbonyl (C=O) groups excluding carboxylic acids is 3. The van der Waals surface area contributed by atoms with E-state index in [0.717, 1.165) is 22.8 Å². The van der Waals surface area contributed by atoms with Gasteiger partial charge in [0, 0.05) is 11.7 Å². The molecule has 0 fully saturated rings. The van der Waals surface area contributed by atoms with Crippen molar-refractivity contribution in [1.29, 1.82) is 0 Å². The average Bonchev–Trinajstić information content (AvgIpc) is 2.99. The second kappa shape index (κ2) is 16.5. The van der Waals surface area contributed by atoms with Gasteiger partial charge in [0.25, 0.3) is 5.91 Å². The fourth-order valence-electron chi connectivity index (χ4n) is 5.21. The number of carbonyl (C=O) groups is 3. The molecule has 0 aliphatic heterocycles. The molecule has 3 atom stereocenters. The lowest BCUT2D eigenvalue weighted by atomic mass is 9.95. The zero-order valence-electron chi connectivity index (χ0n) is 27.8. The number of rotatable bonds is 14. The predicted molar refractivity (Wildman–Crippen MR) is 188 cm³/mol. The molecule has 0 heterocycles. The molecule has 45 heavy (non-hydrogen) atoms. The van der Waals surface area contributed by atoms with Crippen LogP contribution in [0.3, 0.4) is 0 Å². The molecule has 0 radical (unpaired) electrons. The van der Waals surface area contributed by atoms with E-state index in [1.165, 1.54) is 0 Å². The maximum Gasteiger partial charge on any atom is 0.408 e. The molecule has 242 valence electrons. The van der Waals surface area contributed by atoms with Gasteiger partial charge < -0.3 is 20.3 Å². The minimum absolute atomic E-state index is 0.308. The Kier molecular flexibility index (Phi) is 13.1. The summed E-state index contributed by atoms with van der Waals surface area (Å²) in [6.45, 7) is 15.5. The third-order valence-corrected chi connectivity index (χ3v) is 8.14. The van der Waals surface area contributed by atoms with Crippen LogP contribution >= 0.6 is 11.8 Å². The monoisotopic (exact) mass is 631 g/mol. The van der Waals surface area contributed by atoms with Crippen molar-refractivity contribution in [2.24, 2.45) is 5.92 Å². The summed E-state index contributed by atoms with van der Waals surface area (Å²) in [6, 6.07) is 19.1. The summed E-state index contributed by atoms with van der Waals surface area (Å²) in [5.41, 5.74) is 1.41. The minimum atomic E-state index is -0.969. The number of ether oxygens (including phenoxy) is 1. The van der Waals surface area contributed by atoms with Gasteiger partial charge in [0.05, 0.1) is 0 Å². The van der Waals surface area contributed by atoms with E-state index in [1.54, 1.807) is 43.5 Å². The molecule has 0 saturated carbocycles. The number of nitrogens with zero attached hydrogens (tertiary/aromatic N) is 1. The van der Waals surface area contributed by atoms with E-state index in [9.17, 15) is 14.4 Å². The molecule has 3 amide bonds. The van der Waals surface area contributed by atoms with Crippen molar-refractivity contribution >= 4 is 52.2 Å². The first-order valence-electron chi connectivity index (χ1n) is 15.7. The molecule has 8 heteroatoms. The zero-order chi connectivity index (χ0) is 33.1. The summed E-state index contributed by atoms with van der Waals surface area (Å²) >= 11 is 1.59. The van der Waals surface area contributed by atoms with Crippen molar-refractivity contribution in [3.8, 4) is 0 Å². The predicted octanol–water partition coefficient (Wildman–Crippen LogP) is 8.46. The summed E-state index contributed by atoms with van der Waals surface area (Å²) in [7, 11) is 0. The van der Waals surface area contributed by atoms with Crippen molar-refractivity contribution in [2.45, 2.75) is 84.5 Å². The van der Waals surface area contributed by atoms with Crippen LogP contribution in [0.2, 0.25) is 0 Å². The highest BCUT2D eigenvalue weighted by molar-refractivity contribution is 7.98. The number of nitrogens with one attached hydrogen (secondary N) is 2. The van der Waals surface area contributed by atoms with Gasteiger partial charge >= 0.3 is 6.09 Å². The van der Waals surface area contributed by atoms with Gasteiger partial charge in [-0.25, -0.2) is 4.79 Å². The van der Waals surface area contributed by atoms with Gasteiger partial charge in [-0.3, -0.25) is 9.59 Å². The second-order valence-electron chi connectivity index (χ2n) is 12.9. The van der Waals surface area contributed by atoms with Gasteiger partial charge in [-0.2, -0.15) is 11.8 Å². The molecule has 2 N–H and O–H groups in total. The molecule has 0 saturated heterocycles. The number of benzene rings is 3. The SMILES string of the molecule is C=Cc1cccc(C(C(=O)Nc2ccc3ccccc3c2)N(C(=O)C(CCSC)NC(=O)OC(C)(C)C)C(C)CCC(C)C)c1. The van der Waals surface area contributed by atoms with Crippen LogP contribution in [0.15, 0.2) is 73.3 Å². The van der Waals surface area contributed by atoms with E-state index >= 15 is 0 Å². The van der Waals surface area contributed by atoms with Crippen LogP contribution in [-0.2, 0) is 14.3 Å². The number of thioether (sulfide) groups is 1. The topological polar surface area (TPSA) is 87.7 Å². The van der Waals surface area contributed by atoms with Crippen LogP contribution in [0.5, 0.6) is 0 Å². The molecule has 7 nitrogen and oxygen atoms in total. The summed E-state index contributed by atoms with van der Waals surface area (Å²) in [5.74, 6) is 0.386. The summed E-state index contributed by atoms with van der Waals surface area (Å²) in [6.07, 6.45) is 4.96. The average molecular weight is 632 g/mol. The summed E-state index contributed by atoms with van der Waals surface area (Å²) < 4.78 is 5.54. The highest BCUT2D eigenvalue weighted by atomic mass is 32.2. The molecular weight excluding hydrogens is 582 g/mol. The van der Waals surface area contributed by atoms with Gasteiger partial charge in [-0.05, 0) is 105 Å². The summed E-state index contributed by atoms with van der Waals surface area (Å²) in [5, 5.41) is 8.00. The van der Waals surface area contributed by atoms with Crippen molar-refractivity contribution in [1.82, 2.24) is 10.2 Å². The fourth-order valence-corrected chi connectivity index (χ4v) is 5.68. The Hall–Kier alpha value is -3.78. The highest BCUT2D eigenvalue weighted by Crippen LogP contribution is 2.30. The first kappa shape index (κ1) is 35.7. The largest absolute Gasteiger partial charge is 0.444 e. The first-order valence-corrected chi connectivity index (χ1v) is 17.0. The van der Waals surface area contributed by atoms with Gasteiger partial charge in [-0.1, -0.05) is 75.0 Å². The van der Waals surface area contributed by atoms with Crippen LogP contribution in [0.4, 0.5) is 10.5 Å². The quantitative estimate of drug-likeness (QED) is 0.186. The number of amides is 3. The molecular formula is C37H49N3O4S. The Balaban J connectivity index is 2.11. The van der Waals surface area contributed by atoms with Gasteiger partial charge in [0.2, 0.25) is 5.91 Å². The Morgan fingerprint density at radius 1 is 0.933 bits per heavy atom. The molecule has 3 rings (SSSR count). The van der Waals surface area contributed by atoms with Crippen molar-refractivity contribution in [2.75, 3.05) is 17.3 Å². The Labute approximate surface area is 273 Å². The van der Waals surface area contributed by atoms with E-state index in [1.807, 2.05) is 79.9 Å². The third kappa shape index (κ3) is 10.7. The normalized spacial score (nSPS) is 13.5. The van der Waals surface area contributed by atoms with Gasteiger partial charge in [0.15, 0.2) is 0 Å². The molecule has 0 aromatic heterocycles. The Bertz CT molecular complexity index is 1470. The number of hydrogen-bond donors (Lipinski definition) is 2. The van der Waals surface area contributed by atoms with Gasteiger partial charge in [0.1, 0.15) is 17.7 Å². The third-order valence-electron chi connectivity index (χ3n) is 7.50. The molecule has 0 spiro atoms. The number of alkyl carbamates (subject to hydrolysis) is 1. The zero-order valence-corrected chi connectivity index (χ0v) is 28.6. The van der Waals surface area contributed by atoms with E-state index in [2.05, 4.69) is 31.1 Å². The lowest BCUT2D eigenvalue weighted by Crippen LogP contribution is -2.55. The maximum absolute atomic E-state index is 14.7. The minimum Gasteiger partial charge on any atom is -0.444 e. The van der Waals surface area contributed by atoms with Crippen LogP contribution in [0.25, 0.3) is 16.8 Å². The number of anilines is 1. The van der Waals surface area contributed by atoms with Crippen LogP contribution < -0.4 is 10.6 Å². The van der Waals surface area contributed by atoms with Crippen LogP contribution in [0, 0.1) is 5.92 Å². The van der Waals surface area contributed by atoms with Crippen LogP contribution in [0.1, 0.15) is 78.0 Å². The molecule has 3 unspecified atom stereocenters. The molecule has 0 aliphatic carbocycles. The Morgan fingerprint density at radius 3 is 2.29 bits per heavy atom. The molecule has 0 aliphatic rings. The van der Waals surface area contributed by atoms with E-state index in [-0.39, 0.29) is 17.9 Å². The lowest BCUT2D eigenvalue weighted by molar-refractivity contribution is -0.143. The van der Waals surface area contributed by atoms with Crippen molar-refractivity contribution in [3.63, 3.8) is 0 Å². The van der Waals surface area contributed by atoms with Gasteiger partial charge in [-0.15, -0.1) is 0 Å². The first-order chi connectivity index (χ1) is 21.3. The molecule has 0 bridgehead atoms. The second-order valence-corrected chi connectivity index (χ2v) is 13.9. The summed E-state index contributed by atoms with van der Waals surface area (Å²) in [4.78, 5) is 43.7. The fraction of sp³-hybridized carbons (Fsp3) is 0.432. The van der Waals surface area contributed by atoms with Crippen LogP contribution in [-0.4, -0.2) is 52.5 Å². The van der Waals surface area contributed by atoms with E-state index in [0.29, 0.717) is 35.8 Å². The molecule has 3 aromatic carbocycles. The van der Waals surface area contributed by atoms with Crippen molar-refractivity contribution < 1.29 is 19.1 Å². The highest BCUT2D eigenvalue weighted by Gasteiger charge is 2.39. The number of hydrogen-bond acceptors (Lipinski definition) is 5. The van der Waals surface area contributed by atoms with Crippen molar-refractivity contribution in [3.05, 3.63) is 84.4 Å². The smallest absolute Gasteiger partial charge is 0.408 e. The van der Waals surface area contributed by atoms with E-state index < -0.39 is 23.8 Å². The standard InChI is InChI=1S/C37H49N3O4S/c1-9-27-13-12-16-30(23-27)33(34(41)38-31-20-19-28-14-10-11-15-29(28)24-31)40(26(4)18-17-25(2)3)35(42)32(21-22-45-8)39-36(43)44-37(5,6)7/h9-16,19-20,23-26,32-33H,1,17-18,21-22H2,2-8H3,(H,38,41)(H,39,43). The number of fused-ring (bicyclic) bond motifs is 1. The maximum atomic E-state index is 14.7. The van der Waals surface area contributed by atoms with E-state index in [4.69, 9.17) is 4.74 Å².